The molecule has 2 atom stereocenters. The highest BCUT2D eigenvalue weighted by Crippen LogP contribution is 2.33. The number of rotatable bonds is 5. The van der Waals surface area contributed by atoms with Gasteiger partial charge in [-0.1, -0.05) is 13.8 Å². The van der Waals surface area contributed by atoms with E-state index in [1.165, 1.54) is 10.4 Å². The van der Waals surface area contributed by atoms with Gasteiger partial charge in [-0.3, -0.25) is 0 Å². The average molecular weight is 310 g/mol. The molecular formula is C15H22N2O3S. The van der Waals surface area contributed by atoms with Crippen molar-refractivity contribution < 1.29 is 14.7 Å². The Labute approximate surface area is 128 Å². The molecule has 116 valence electrons. The zero-order valence-electron chi connectivity index (χ0n) is 12.4. The fourth-order valence-corrected chi connectivity index (χ4v) is 3.67. The van der Waals surface area contributed by atoms with Gasteiger partial charge < -0.3 is 15.7 Å². The smallest absolute Gasteiger partial charge is 0.326 e. The Hall–Kier alpha value is -1.56. The van der Waals surface area contributed by atoms with Crippen molar-refractivity contribution in [3.05, 3.63) is 21.9 Å². The second kappa shape index (κ2) is 6.93. The summed E-state index contributed by atoms with van der Waals surface area (Å²) in [4.78, 5) is 24.6. The lowest BCUT2D eigenvalue weighted by atomic mass is 9.94. The summed E-state index contributed by atoms with van der Waals surface area (Å²) in [6.45, 7) is 3.88. The largest absolute Gasteiger partial charge is 0.480 e. The van der Waals surface area contributed by atoms with Gasteiger partial charge in [-0.25, -0.2) is 9.59 Å². The number of aliphatic carboxylic acids is 1. The van der Waals surface area contributed by atoms with E-state index in [2.05, 4.69) is 10.6 Å². The molecule has 5 nitrogen and oxygen atoms in total. The first kappa shape index (κ1) is 15.8. The lowest BCUT2D eigenvalue weighted by Crippen LogP contribution is -2.47. The third kappa shape index (κ3) is 4.20. The van der Waals surface area contributed by atoms with Crippen LogP contribution >= 0.6 is 11.3 Å². The number of amides is 2. The number of carbonyl (C=O) groups excluding carboxylic acids is 1. The summed E-state index contributed by atoms with van der Waals surface area (Å²) in [5.74, 6) is -0.775. The molecular weight excluding hydrogens is 288 g/mol. The van der Waals surface area contributed by atoms with Crippen LogP contribution in [0.4, 0.5) is 4.79 Å². The molecule has 1 heterocycles. The van der Waals surface area contributed by atoms with Crippen LogP contribution in [-0.2, 0) is 11.2 Å². The van der Waals surface area contributed by atoms with Crippen LogP contribution in [0.15, 0.2) is 11.4 Å². The summed E-state index contributed by atoms with van der Waals surface area (Å²) in [5, 5.41) is 16.7. The quantitative estimate of drug-likeness (QED) is 0.782. The standard InChI is InChI=1S/C15H22N2O3S/c1-9(2)8-12(14(18)19)17-15(20)16-11-4-3-5-13-10(11)6-7-21-13/h6-7,9,11-12H,3-5,8H2,1-2H3,(H,18,19)(H2,16,17,20)/t11?,12-/m1/s1. The highest BCUT2D eigenvalue weighted by Gasteiger charge is 2.25. The highest BCUT2D eigenvalue weighted by atomic mass is 32.1. The zero-order valence-corrected chi connectivity index (χ0v) is 13.2. The normalized spacial score (nSPS) is 18.9. The Kier molecular flexibility index (Phi) is 5.22. The lowest BCUT2D eigenvalue weighted by molar-refractivity contribution is -0.139. The van der Waals surface area contributed by atoms with E-state index in [0.717, 1.165) is 19.3 Å². The summed E-state index contributed by atoms with van der Waals surface area (Å²) in [6, 6.07) is 0.809. The van der Waals surface area contributed by atoms with Crippen LogP contribution in [0, 0.1) is 5.92 Å². The maximum absolute atomic E-state index is 12.1. The number of nitrogens with one attached hydrogen (secondary N) is 2. The van der Waals surface area contributed by atoms with Crippen molar-refractivity contribution in [2.45, 2.75) is 51.6 Å². The Morgan fingerprint density at radius 3 is 2.90 bits per heavy atom. The first-order valence-corrected chi connectivity index (χ1v) is 8.21. The molecule has 6 heteroatoms. The molecule has 1 unspecified atom stereocenters. The second-order valence-corrected chi connectivity index (χ2v) is 6.88. The highest BCUT2D eigenvalue weighted by molar-refractivity contribution is 7.10. The van der Waals surface area contributed by atoms with Crippen LogP contribution in [0.5, 0.6) is 0 Å². The van der Waals surface area contributed by atoms with Gasteiger partial charge in [-0.2, -0.15) is 0 Å². The van der Waals surface area contributed by atoms with Crippen molar-refractivity contribution in [2.24, 2.45) is 5.92 Å². The molecule has 0 radical (unpaired) electrons. The van der Waals surface area contributed by atoms with Gasteiger partial charge in [-0.15, -0.1) is 11.3 Å². The van der Waals surface area contributed by atoms with Crippen molar-refractivity contribution in [1.82, 2.24) is 10.6 Å². The maximum Gasteiger partial charge on any atom is 0.326 e. The topological polar surface area (TPSA) is 78.4 Å². The van der Waals surface area contributed by atoms with Crippen molar-refractivity contribution in [2.75, 3.05) is 0 Å². The lowest BCUT2D eigenvalue weighted by Gasteiger charge is -2.25. The number of aryl methyl sites for hydroxylation is 1. The Balaban J connectivity index is 1.94. The van der Waals surface area contributed by atoms with E-state index >= 15 is 0 Å². The molecule has 0 aliphatic heterocycles. The third-order valence-electron chi connectivity index (χ3n) is 3.67. The van der Waals surface area contributed by atoms with Crippen LogP contribution < -0.4 is 10.6 Å². The number of hydrogen-bond donors (Lipinski definition) is 3. The predicted octanol–water partition coefficient (Wildman–Crippen LogP) is 2.92. The van der Waals surface area contributed by atoms with E-state index in [9.17, 15) is 9.59 Å². The van der Waals surface area contributed by atoms with Crippen molar-refractivity contribution in [3.63, 3.8) is 0 Å². The number of carboxylic acids is 1. The Morgan fingerprint density at radius 1 is 1.48 bits per heavy atom. The van der Waals surface area contributed by atoms with Crippen LogP contribution in [0.2, 0.25) is 0 Å². The molecule has 21 heavy (non-hydrogen) atoms. The van der Waals surface area contributed by atoms with Crippen LogP contribution in [0.25, 0.3) is 0 Å². The van der Waals surface area contributed by atoms with Crippen LogP contribution in [-0.4, -0.2) is 23.1 Å². The summed E-state index contributed by atoms with van der Waals surface area (Å²) in [6.07, 6.45) is 3.45. The molecule has 1 aliphatic carbocycles. The zero-order chi connectivity index (χ0) is 15.4. The van der Waals surface area contributed by atoms with Gasteiger partial charge in [0.05, 0.1) is 6.04 Å². The van der Waals surface area contributed by atoms with Gasteiger partial charge in [-0.05, 0) is 48.6 Å². The van der Waals surface area contributed by atoms with E-state index in [1.807, 2.05) is 25.3 Å². The van der Waals surface area contributed by atoms with Crippen molar-refractivity contribution in [3.8, 4) is 0 Å². The molecule has 0 bridgehead atoms. The molecule has 0 spiro atoms. The molecule has 1 aromatic rings. The molecule has 2 rings (SSSR count). The number of carbonyl (C=O) groups is 2. The van der Waals surface area contributed by atoms with Crippen LogP contribution in [0.3, 0.4) is 0 Å². The number of carboxylic acid groups (broad SMARTS) is 1. The van der Waals surface area contributed by atoms with E-state index in [0.29, 0.717) is 6.42 Å². The summed E-state index contributed by atoms with van der Waals surface area (Å²) >= 11 is 1.72. The van der Waals surface area contributed by atoms with E-state index in [1.54, 1.807) is 11.3 Å². The van der Waals surface area contributed by atoms with E-state index < -0.39 is 18.0 Å². The predicted molar refractivity (Wildman–Crippen MR) is 82.5 cm³/mol. The summed E-state index contributed by atoms with van der Waals surface area (Å²) in [7, 11) is 0. The van der Waals surface area contributed by atoms with E-state index in [4.69, 9.17) is 5.11 Å². The Morgan fingerprint density at radius 2 is 2.24 bits per heavy atom. The maximum atomic E-state index is 12.1. The van der Waals surface area contributed by atoms with Gasteiger partial charge in [0.15, 0.2) is 0 Å². The molecule has 0 saturated heterocycles. The SMILES string of the molecule is CC(C)C[C@@H](NC(=O)NC1CCCc2sccc21)C(=O)O. The number of urea groups is 1. The summed E-state index contributed by atoms with van der Waals surface area (Å²) in [5.41, 5.74) is 1.18. The second-order valence-electron chi connectivity index (χ2n) is 5.88. The number of thiophene rings is 1. The van der Waals surface area contributed by atoms with Crippen molar-refractivity contribution in [1.29, 1.82) is 0 Å². The molecule has 0 saturated carbocycles. The first-order valence-electron chi connectivity index (χ1n) is 7.33. The van der Waals surface area contributed by atoms with Gasteiger partial charge in [0, 0.05) is 4.88 Å². The minimum Gasteiger partial charge on any atom is -0.480 e. The molecule has 3 N–H and O–H groups in total. The monoisotopic (exact) mass is 310 g/mol. The fourth-order valence-electron chi connectivity index (χ4n) is 2.69. The Bertz CT molecular complexity index is 513. The van der Waals surface area contributed by atoms with Gasteiger partial charge in [0.25, 0.3) is 0 Å². The minimum absolute atomic E-state index is 0.00602. The molecule has 0 fully saturated rings. The molecule has 1 aromatic heterocycles. The van der Waals surface area contributed by atoms with E-state index in [-0.39, 0.29) is 12.0 Å². The fraction of sp³-hybridized carbons (Fsp3) is 0.600. The molecule has 2 amide bonds. The molecule has 1 aliphatic rings. The third-order valence-corrected chi connectivity index (χ3v) is 4.66. The number of fused-ring (bicyclic) bond motifs is 1. The van der Waals surface area contributed by atoms with Gasteiger partial charge in [0.2, 0.25) is 0 Å². The average Bonchev–Trinajstić information content (AvgIpc) is 2.86. The van der Waals surface area contributed by atoms with Crippen molar-refractivity contribution >= 4 is 23.3 Å². The summed E-state index contributed by atoms with van der Waals surface area (Å²) < 4.78 is 0. The van der Waals surface area contributed by atoms with Gasteiger partial charge in [0.1, 0.15) is 6.04 Å². The van der Waals surface area contributed by atoms with Crippen LogP contribution in [0.1, 0.15) is 49.6 Å². The number of hydrogen-bond acceptors (Lipinski definition) is 3. The first-order chi connectivity index (χ1) is 9.97. The minimum atomic E-state index is -0.987. The molecule has 0 aromatic carbocycles. The van der Waals surface area contributed by atoms with Gasteiger partial charge >= 0.3 is 12.0 Å².